The summed E-state index contributed by atoms with van der Waals surface area (Å²) in [7, 11) is 0. The Morgan fingerprint density at radius 1 is 0.692 bits per heavy atom. The lowest BCUT2D eigenvalue weighted by Crippen LogP contribution is -2.47. The molecule has 3 heterocycles. The van der Waals surface area contributed by atoms with E-state index >= 15 is 0 Å². The molecule has 0 aliphatic carbocycles. The van der Waals surface area contributed by atoms with Gasteiger partial charge >= 0.3 is 0 Å². The molecule has 0 radical (unpaired) electrons. The van der Waals surface area contributed by atoms with Crippen LogP contribution in [0.2, 0.25) is 0 Å². The number of nitrogens with zero attached hydrogens (tertiary/aromatic N) is 3. The number of hydrogen-bond acceptors (Lipinski definition) is 7. The third-order valence-corrected chi connectivity index (χ3v) is 3.26. The van der Waals surface area contributed by atoms with E-state index in [0.717, 1.165) is 24.3 Å². The number of pyridine rings is 1. The van der Waals surface area contributed by atoms with E-state index in [0.29, 0.717) is 10.0 Å². The summed E-state index contributed by atoms with van der Waals surface area (Å²) in [5.41, 5.74) is 3.59. The van der Waals surface area contributed by atoms with Gasteiger partial charge in [0.25, 0.3) is 35.4 Å². The van der Waals surface area contributed by atoms with Gasteiger partial charge in [-0.3, -0.25) is 39.6 Å². The Morgan fingerprint density at radius 3 is 1.38 bits per heavy atom. The first-order chi connectivity index (χ1) is 12.4. The molecule has 26 heavy (non-hydrogen) atoms. The minimum atomic E-state index is -0.903. The molecular formula is C15H9N5O6. The van der Waals surface area contributed by atoms with Crippen molar-refractivity contribution in [2.24, 2.45) is 0 Å². The molecule has 0 unspecified atom stereocenters. The number of imide groups is 2. The van der Waals surface area contributed by atoms with E-state index in [4.69, 9.17) is 0 Å². The third kappa shape index (κ3) is 3.08. The molecule has 0 fully saturated rings. The zero-order chi connectivity index (χ0) is 18.8. The van der Waals surface area contributed by atoms with Crippen molar-refractivity contribution in [3.8, 4) is 0 Å². The fraction of sp³-hybridized carbons (Fsp3) is 0. The second-order valence-electron chi connectivity index (χ2n) is 4.98. The smallest absolute Gasteiger partial charge is 0.267 e. The predicted octanol–water partition coefficient (Wildman–Crippen LogP) is -1.78. The normalized spacial score (nSPS) is 15.8. The zero-order valence-corrected chi connectivity index (χ0v) is 12.8. The fourth-order valence-electron chi connectivity index (χ4n) is 2.03. The lowest BCUT2D eigenvalue weighted by Gasteiger charge is -2.16. The summed E-state index contributed by atoms with van der Waals surface area (Å²) in [5, 5.41) is 0.980. The zero-order valence-electron chi connectivity index (χ0n) is 12.8. The van der Waals surface area contributed by atoms with Crippen molar-refractivity contribution in [3.63, 3.8) is 0 Å². The van der Waals surface area contributed by atoms with Gasteiger partial charge in [-0.2, -0.15) is 10.0 Å². The number of carbonyl (C=O) groups excluding carboxylic acids is 6. The highest BCUT2D eigenvalue weighted by molar-refractivity contribution is 6.15. The topological polar surface area (TPSA) is 146 Å². The van der Waals surface area contributed by atoms with Crippen LogP contribution in [0.4, 0.5) is 0 Å². The molecule has 2 N–H and O–H groups in total. The number of aromatic nitrogens is 1. The van der Waals surface area contributed by atoms with Crippen molar-refractivity contribution in [2.45, 2.75) is 0 Å². The molecule has 0 spiro atoms. The molecule has 2 aliphatic rings. The van der Waals surface area contributed by atoms with Crippen molar-refractivity contribution in [1.82, 2.24) is 25.9 Å². The number of nitrogens with one attached hydrogen (secondary N) is 2. The number of hydrazine groups is 2. The van der Waals surface area contributed by atoms with E-state index in [2.05, 4.69) is 15.8 Å². The lowest BCUT2D eigenvalue weighted by atomic mass is 10.3. The van der Waals surface area contributed by atoms with Crippen LogP contribution < -0.4 is 10.9 Å². The van der Waals surface area contributed by atoms with Crippen molar-refractivity contribution in [2.75, 3.05) is 0 Å². The van der Waals surface area contributed by atoms with Gasteiger partial charge in [0.1, 0.15) is 11.4 Å². The maximum atomic E-state index is 12.1. The van der Waals surface area contributed by atoms with E-state index in [1.807, 2.05) is 0 Å². The Hall–Kier alpha value is -4.15. The second kappa shape index (κ2) is 6.39. The van der Waals surface area contributed by atoms with Gasteiger partial charge in [0.15, 0.2) is 0 Å². The minimum Gasteiger partial charge on any atom is -0.267 e. The molecule has 3 rings (SSSR count). The Labute approximate surface area is 144 Å². The summed E-state index contributed by atoms with van der Waals surface area (Å²) in [6, 6.07) is 3.82. The Balaban J connectivity index is 1.71. The van der Waals surface area contributed by atoms with Crippen LogP contribution in [-0.2, 0) is 19.2 Å². The summed E-state index contributed by atoms with van der Waals surface area (Å²) in [6.45, 7) is 0. The van der Waals surface area contributed by atoms with Crippen LogP contribution >= 0.6 is 0 Å². The Morgan fingerprint density at radius 2 is 1.04 bits per heavy atom. The van der Waals surface area contributed by atoms with Gasteiger partial charge in [-0.25, -0.2) is 4.98 Å². The van der Waals surface area contributed by atoms with Crippen molar-refractivity contribution >= 4 is 35.4 Å². The summed E-state index contributed by atoms with van der Waals surface area (Å²) >= 11 is 0. The highest BCUT2D eigenvalue weighted by atomic mass is 16.2. The third-order valence-electron chi connectivity index (χ3n) is 3.26. The monoisotopic (exact) mass is 355 g/mol. The average molecular weight is 355 g/mol. The molecule has 0 atom stereocenters. The van der Waals surface area contributed by atoms with E-state index < -0.39 is 35.4 Å². The van der Waals surface area contributed by atoms with Crippen LogP contribution in [0.5, 0.6) is 0 Å². The SMILES string of the molecule is O=C(NN1C(=O)C=CC1=O)c1cccc(C(=O)NN2C(=O)C=CC2=O)n1. The molecule has 0 aromatic carbocycles. The summed E-state index contributed by atoms with van der Waals surface area (Å²) in [6.07, 6.45) is 3.94. The van der Waals surface area contributed by atoms with Gasteiger partial charge in [0.05, 0.1) is 0 Å². The quantitative estimate of drug-likeness (QED) is 0.607. The van der Waals surface area contributed by atoms with E-state index in [1.54, 1.807) is 0 Å². The molecule has 1 aromatic heterocycles. The van der Waals surface area contributed by atoms with E-state index in [1.165, 1.54) is 18.2 Å². The van der Waals surface area contributed by atoms with Gasteiger partial charge in [0.2, 0.25) is 0 Å². The average Bonchev–Trinajstić information content (AvgIpc) is 3.11. The Kier molecular flexibility index (Phi) is 4.11. The van der Waals surface area contributed by atoms with Crippen LogP contribution in [0, 0.1) is 0 Å². The first kappa shape index (κ1) is 16.7. The van der Waals surface area contributed by atoms with Crippen LogP contribution in [0.3, 0.4) is 0 Å². The predicted molar refractivity (Wildman–Crippen MR) is 81.2 cm³/mol. The van der Waals surface area contributed by atoms with Crippen LogP contribution in [-0.4, -0.2) is 50.4 Å². The van der Waals surface area contributed by atoms with Gasteiger partial charge in [-0.05, 0) is 12.1 Å². The number of amides is 6. The summed E-state index contributed by atoms with van der Waals surface area (Å²) in [4.78, 5) is 73.7. The maximum absolute atomic E-state index is 12.1. The fourth-order valence-corrected chi connectivity index (χ4v) is 2.03. The molecule has 0 bridgehead atoms. The molecule has 1 aromatic rings. The highest BCUT2D eigenvalue weighted by Crippen LogP contribution is 2.05. The maximum Gasteiger partial charge on any atom is 0.288 e. The number of hydrogen-bond donors (Lipinski definition) is 2. The minimum absolute atomic E-state index is 0.262. The van der Waals surface area contributed by atoms with Crippen molar-refractivity contribution < 1.29 is 28.8 Å². The first-order valence-electron chi connectivity index (χ1n) is 7.08. The van der Waals surface area contributed by atoms with Crippen LogP contribution in [0.1, 0.15) is 21.0 Å². The molecule has 130 valence electrons. The molecule has 0 saturated carbocycles. The van der Waals surface area contributed by atoms with Gasteiger partial charge in [-0.15, -0.1) is 0 Å². The molecule has 11 heteroatoms. The number of rotatable bonds is 4. The van der Waals surface area contributed by atoms with Gasteiger partial charge in [-0.1, -0.05) is 6.07 Å². The van der Waals surface area contributed by atoms with Gasteiger partial charge < -0.3 is 0 Å². The van der Waals surface area contributed by atoms with Crippen molar-refractivity contribution in [3.05, 3.63) is 53.9 Å². The van der Waals surface area contributed by atoms with Gasteiger partial charge in [0, 0.05) is 24.3 Å². The molecule has 0 saturated heterocycles. The largest absolute Gasteiger partial charge is 0.288 e. The Bertz CT molecular complexity index is 827. The molecule has 11 nitrogen and oxygen atoms in total. The molecule has 2 aliphatic heterocycles. The number of carbonyl (C=O) groups is 6. The lowest BCUT2D eigenvalue weighted by molar-refractivity contribution is -0.140. The van der Waals surface area contributed by atoms with Crippen molar-refractivity contribution in [1.29, 1.82) is 0 Å². The summed E-state index contributed by atoms with van der Waals surface area (Å²) in [5.74, 6) is -4.71. The standard InChI is InChI=1S/C15H9N5O6/c21-10-4-5-11(22)19(10)17-14(25)8-2-1-3-9(16-8)15(26)18-20-12(23)6-7-13(20)24/h1-7H,(H,17,25)(H,18,26). The second-order valence-corrected chi connectivity index (χ2v) is 4.98. The van der Waals surface area contributed by atoms with Crippen LogP contribution in [0.15, 0.2) is 42.5 Å². The first-order valence-corrected chi connectivity index (χ1v) is 7.08. The van der Waals surface area contributed by atoms with E-state index in [-0.39, 0.29) is 11.4 Å². The van der Waals surface area contributed by atoms with E-state index in [9.17, 15) is 28.8 Å². The molecular weight excluding hydrogens is 346 g/mol. The molecule has 6 amide bonds. The summed E-state index contributed by atoms with van der Waals surface area (Å²) < 4.78 is 0. The highest BCUT2D eigenvalue weighted by Gasteiger charge is 2.28. The van der Waals surface area contributed by atoms with Crippen LogP contribution in [0.25, 0.3) is 0 Å².